The molecule has 1 aliphatic heterocycles. The van der Waals surface area contributed by atoms with Crippen molar-refractivity contribution in [2.75, 3.05) is 27.2 Å². The van der Waals surface area contributed by atoms with Crippen LogP contribution >= 0.6 is 0 Å². The molecule has 1 aromatic heterocycles. The summed E-state index contributed by atoms with van der Waals surface area (Å²) in [5.41, 5.74) is 1.31. The first-order valence-corrected chi connectivity index (χ1v) is 6.61. The zero-order valence-corrected chi connectivity index (χ0v) is 11.6. The maximum atomic E-state index is 12.0. The first-order valence-electron chi connectivity index (χ1n) is 6.61. The van der Waals surface area contributed by atoms with Crippen LogP contribution in [-0.2, 0) is 18.4 Å². The minimum Gasteiger partial charge on any atom is -0.353 e. The van der Waals surface area contributed by atoms with E-state index in [0.717, 1.165) is 32.5 Å². The number of likely N-dealkylation sites (tertiary alicyclic amines) is 1. The number of carbonyl (C=O) groups excluding carboxylic acids is 1. The van der Waals surface area contributed by atoms with E-state index in [4.69, 9.17) is 0 Å². The van der Waals surface area contributed by atoms with Gasteiger partial charge in [0.05, 0.1) is 5.92 Å². The fourth-order valence-electron chi connectivity index (χ4n) is 2.66. The molecule has 2 rings (SSSR count). The Morgan fingerprint density at radius 1 is 1.50 bits per heavy atom. The molecule has 0 N–H and O–H groups in total. The van der Waals surface area contributed by atoms with E-state index in [1.54, 1.807) is 4.90 Å². The van der Waals surface area contributed by atoms with Crippen LogP contribution < -0.4 is 0 Å². The average Bonchev–Trinajstić information content (AvgIpc) is 2.74. The molecule has 1 saturated heterocycles. The van der Waals surface area contributed by atoms with Crippen molar-refractivity contribution in [3.05, 3.63) is 24.0 Å². The largest absolute Gasteiger partial charge is 0.353 e. The van der Waals surface area contributed by atoms with Crippen LogP contribution in [0.3, 0.4) is 0 Å². The van der Waals surface area contributed by atoms with Gasteiger partial charge >= 0.3 is 0 Å². The number of aromatic nitrogens is 1. The molecule has 1 fully saturated rings. The minimum atomic E-state index is 0.175. The topological polar surface area (TPSA) is 28.5 Å². The van der Waals surface area contributed by atoms with Gasteiger partial charge in [-0.3, -0.25) is 9.69 Å². The number of nitrogens with zero attached hydrogens (tertiary/aromatic N) is 3. The molecular weight excluding hydrogens is 226 g/mol. The van der Waals surface area contributed by atoms with Crippen LogP contribution in [0.15, 0.2) is 18.3 Å². The van der Waals surface area contributed by atoms with Gasteiger partial charge in [-0.1, -0.05) is 0 Å². The Hall–Kier alpha value is -1.29. The summed E-state index contributed by atoms with van der Waals surface area (Å²) in [5.74, 6) is 0.445. The van der Waals surface area contributed by atoms with E-state index in [2.05, 4.69) is 34.8 Å². The fraction of sp³-hybridized carbons (Fsp3) is 0.643. The SMILES string of the molecule is CN(C)C(=O)C1CCCN(Cc2cccn2C)C1. The number of rotatable bonds is 3. The number of carbonyl (C=O) groups is 1. The second kappa shape index (κ2) is 5.57. The lowest BCUT2D eigenvalue weighted by Crippen LogP contribution is -2.42. The Morgan fingerprint density at radius 2 is 2.28 bits per heavy atom. The maximum absolute atomic E-state index is 12.0. The molecule has 2 heterocycles. The summed E-state index contributed by atoms with van der Waals surface area (Å²) in [6.45, 7) is 2.94. The van der Waals surface area contributed by atoms with Crippen LogP contribution in [0.1, 0.15) is 18.5 Å². The van der Waals surface area contributed by atoms with Crippen molar-refractivity contribution in [2.24, 2.45) is 13.0 Å². The van der Waals surface area contributed by atoms with Gasteiger partial charge < -0.3 is 9.47 Å². The number of aryl methyl sites for hydroxylation is 1. The van der Waals surface area contributed by atoms with E-state index in [-0.39, 0.29) is 11.8 Å². The van der Waals surface area contributed by atoms with Crippen molar-refractivity contribution in [3.8, 4) is 0 Å². The van der Waals surface area contributed by atoms with Gasteiger partial charge in [0.2, 0.25) is 5.91 Å². The van der Waals surface area contributed by atoms with Crippen LogP contribution in [-0.4, -0.2) is 47.5 Å². The highest BCUT2D eigenvalue weighted by Crippen LogP contribution is 2.20. The standard InChI is InChI=1S/C14H23N3O/c1-15(2)14(18)12-6-4-9-17(10-12)11-13-7-5-8-16(13)3/h5,7-8,12H,4,6,9-11H2,1-3H3. The zero-order chi connectivity index (χ0) is 13.1. The van der Waals surface area contributed by atoms with Crippen LogP contribution in [0.4, 0.5) is 0 Å². The molecule has 1 atom stereocenters. The molecular formula is C14H23N3O. The first kappa shape index (κ1) is 13.1. The van der Waals surface area contributed by atoms with Gasteiger partial charge in [0.1, 0.15) is 0 Å². The third-order valence-corrected chi connectivity index (χ3v) is 3.73. The lowest BCUT2D eigenvalue weighted by molar-refractivity contribution is -0.134. The molecule has 1 aliphatic rings. The summed E-state index contributed by atoms with van der Waals surface area (Å²) >= 11 is 0. The number of amides is 1. The molecule has 0 spiro atoms. The fourth-order valence-corrected chi connectivity index (χ4v) is 2.66. The highest BCUT2D eigenvalue weighted by Gasteiger charge is 2.26. The van der Waals surface area contributed by atoms with Crippen molar-refractivity contribution < 1.29 is 4.79 Å². The second-order valence-corrected chi connectivity index (χ2v) is 5.42. The van der Waals surface area contributed by atoms with E-state index in [0.29, 0.717) is 0 Å². The third-order valence-electron chi connectivity index (χ3n) is 3.73. The number of hydrogen-bond donors (Lipinski definition) is 0. The van der Waals surface area contributed by atoms with Gasteiger partial charge in [0, 0.05) is 46.1 Å². The smallest absolute Gasteiger partial charge is 0.226 e. The van der Waals surface area contributed by atoms with Crippen LogP contribution in [0.2, 0.25) is 0 Å². The van der Waals surface area contributed by atoms with E-state index >= 15 is 0 Å². The Kier molecular flexibility index (Phi) is 4.07. The molecule has 0 saturated carbocycles. The summed E-state index contributed by atoms with van der Waals surface area (Å²) in [7, 11) is 5.76. The molecule has 1 amide bonds. The van der Waals surface area contributed by atoms with Gasteiger partial charge in [0.15, 0.2) is 0 Å². The Bertz CT molecular complexity index is 411. The Balaban J connectivity index is 1.95. The number of piperidine rings is 1. The van der Waals surface area contributed by atoms with Crippen molar-refractivity contribution in [2.45, 2.75) is 19.4 Å². The quantitative estimate of drug-likeness (QED) is 0.808. The lowest BCUT2D eigenvalue weighted by Gasteiger charge is -2.33. The average molecular weight is 249 g/mol. The molecule has 100 valence electrons. The molecule has 0 aliphatic carbocycles. The second-order valence-electron chi connectivity index (χ2n) is 5.42. The predicted octanol–water partition coefficient (Wildman–Crippen LogP) is 1.33. The summed E-state index contributed by atoms with van der Waals surface area (Å²) in [5, 5.41) is 0. The van der Waals surface area contributed by atoms with E-state index in [1.165, 1.54) is 5.69 Å². The monoisotopic (exact) mass is 249 g/mol. The van der Waals surface area contributed by atoms with E-state index in [1.807, 2.05) is 14.1 Å². The van der Waals surface area contributed by atoms with Gasteiger partial charge in [-0.25, -0.2) is 0 Å². The highest BCUT2D eigenvalue weighted by molar-refractivity contribution is 5.78. The minimum absolute atomic E-state index is 0.175. The molecule has 0 radical (unpaired) electrons. The zero-order valence-electron chi connectivity index (χ0n) is 11.6. The predicted molar refractivity (Wildman–Crippen MR) is 72.1 cm³/mol. The van der Waals surface area contributed by atoms with Gasteiger partial charge in [0.25, 0.3) is 0 Å². The molecule has 1 aromatic rings. The molecule has 0 aromatic carbocycles. The van der Waals surface area contributed by atoms with E-state index < -0.39 is 0 Å². The third kappa shape index (κ3) is 2.93. The Labute approximate surface area is 109 Å². The van der Waals surface area contributed by atoms with Crippen molar-refractivity contribution in [3.63, 3.8) is 0 Å². The van der Waals surface area contributed by atoms with Gasteiger partial charge in [-0.2, -0.15) is 0 Å². The molecule has 18 heavy (non-hydrogen) atoms. The van der Waals surface area contributed by atoms with Crippen molar-refractivity contribution in [1.82, 2.24) is 14.4 Å². The first-order chi connectivity index (χ1) is 8.58. The molecule has 0 bridgehead atoms. The summed E-state index contributed by atoms with van der Waals surface area (Å²) in [4.78, 5) is 16.1. The van der Waals surface area contributed by atoms with Crippen molar-refractivity contribution >= 4 is 5.91 Å². The maximum Gasteiger partial charge on any atom is 0.226 e. The van der Waals surface area contributed by atoms with Crippen molar-refractivity contribution in [1.29, 1.82) is 0 Å². The van der Waals surface area contributed by atoms with Crippen LogP contribution in [0.25, 0.3) is 0 Å². The van der Waals surface area contributed by atoms with Gasteiger partial charge in [-0.05, 0) is 31.5 Å². The summed E-state index contributed by atoms with van der Waals surface area (Å²) in [6, 6.07) is 4.22. The van der Waals surface area contributed by atoms with E-state index in [9.17, 15) is 4.79 Å². The molecule has 4 nitrogen and oxygen atoms in total. The summed E-state index contributed by atoms with van der Waals surface area (Å²) in [6.07, 6.45) is 4.22. The van der Waals surface area contributed by atoms with Gasteiger partial charge in [-0.15, -0.1) is 0 Å². The number of hydrogen-bond acceptors (Lipinski definition) is 2. The summed E-state index contributed by atoms with van der Waals surface area (Å²) < 4.78 is 2.15. The van der Waals surface area contributed by atoms with Crippen LogP contribution in [0.5, 0.6) is 0 Å². The lowest BCUT2D eigenvalue weighted by atomic mass is 9.96. The van der Waals surface area contributed by atoms with Crippen LogP contribution in [0, 0.1) is 5.92 Å². The normalized spacial score (nSPS) is 20.9. The Morgan fingerprint density at radius 3 is 2.89 bits per heavy atom. The highest BCUT2D eigenvalue weighted by atomic mass is 16.2. The molecule has 1 unspecified atom stereocenters. The molecule has 4 heteroatoms.